The fourth-order valence-electron chi connectivity index (χ4n) is 1.84. The Balaban J connectivity index is 4.09. The van der Waals surface area contributed by atoms with E-state index in [4.69, 9.17) is 18.9 Å². The van der Waals surface area contributed by atoms with Crippen LogP contribution in [0.5, 0.6) is 0 Å². The van der Waals surface area contributed by atoms with Gasteiger partial charge in [0, 0.05) is 5.57 Å². The molecule has 1 N–H and O–H groups in total. The van der Waals surface area contributed by atoms with Crippen LogP contribution < -0.4 is 5.32 Å². The average molecular weight is 415 g/mol. The van der Waals surface area contributed by atoms with Gasteiger partial charge in [-0.3, -0.25) is 9.59 Å². The predicted octanol–water partition coefficient (Wildman–Crippen LogP) is 2.38. The molecule has 29 heavy (non-hydrogen) atoms. The zero-order valence-electron chi connectivity index (χ0n) is 18.0. The number of unbranched alkanes of at least 4 members (excludes halogenated alkanes) is 1. The standard InChI is InChI=1S/C20H33NO8/c1-7-8-10-28-18(24)20(5,6)15(4)17(23)27-12-13-29-19(25)21-9-11-26-16(22)14(2)3/h15H,2,7-13H2,1,3-6H3,(H,21,25). The van der Waals surface area contributed by atoms with Gasteiger partial charge in [-0.25, -0.2) is 9.59 Å². The van der Waals surface area contributed by atoms with Crippen molar-refractivity contribution >= 4 is 24.0 Å². The van der Waals surface area contributed by atoms with Crippen LogP contribution in [-0.2, 0) is 33.3 Å². The van der Waals surface area contributed by atoms with E-state index < -0.39 is 35.3 Å². The number of carbonyl (C=O) groups is 4. The molecule has 0 radical (unpaired) electrons. The lowest BCUT2D eigenvalue weighted by atomic mass is 9.80. The van der Waals surface area contributed by atoms with Gasteiger partial charge >= 0.3 is 24.0 Å². The second-order valence-electron chi connectivity index (χ2n) is 7.08. The van der Waals surface area contributed by atoms with Gasteiger partial charge in [0.2, 0.25) is 0 Å². The summed E-state index contributed by atoms with van der Waals surface area (Å²) in [4.78, 5) is 47.0. The number of amides is 1. The molecule has 1 atom stereocenters. The molecule has 9 heteroatoms. The van der Waals surface area contributed by atoms with Gasteiger partial charge in [0.25, 0.3) is 0 Å². The normalized spacial score (nSPS) is 11.8. The Bertz CT molecular complexity index is 585. The summed E-state index contributed by atoms with van der Waals surface area (Å²) in [5, 5.41) is 2.38. The third-order valence-corrected chi connectivity index (χ3v) is 4.21. The number of carbonyl (C=O) groups excluding carboxylic acids is 4. The quantitative estimate of drug-likeness (QED) is 0.211. The molecule has 1 amide bonds. The molecule has 0 saturated carbocycles. The van der Waals surface area contributed by atoms with Crippen LogP contribution in [0.25, 0.3) is 0 Å². The van der Waals surface area contributed by atoms with E-state index in [2.05, 4.69) is 11.9 Å². The van der Waals surface area contributed by atoms with E-state index in [1.807, 2.05) is 6.92 Å². The lowest BCUT2D eigenvalue weighted by molar-refractivity contribution is -0.167. The molecular weight excluding hydrogens is 382 g/mol. The molecule has 0 aromatic rings. The van der Waals surface area contributed by atoms with Crippen LogP contribution >= 0.6 is 0 Å². The van der Waals surface area contributed by atoms with Gasteiger partial charge < -0.3 is 24.3 Å². The molecule has 0 aliphatic carbocycles. The maximum Gasteiger partial charge on any atom is 0.407 e. The summed E-state index contributed by atoms with van der Waals surface area (Å²) in [7, 11) is 0. The monoisotopic (exact) mass is 415 g/mol. The van der Waals surface area contributed by atoms with Crippen molar-refractivity contribution in [1.82, 2.24) is 5.32 Å². The third kappa shape index (κ3) is 10.5. The van der Waals surface area contributed by atoms with Gasteiger partial charge in [-0.15, -0.1) is 0 Å². The number of hydrogen-bond donors (Lipinski definition) is 1. The van der Waals surface area contributed by atoms with Crippen molar-refractivity contribution in [1.29, 1.82) is 0 Å². The Morgan fingerprint density at radius 3 is 2.17 bits per heavy atom. The van der Waals surface area contributed by atoms with Crippen LogP contribution in [0, 0.1) is 11.3 Å². The Morgan fingerprint density at radius 1 is 0.966 bits per heavy atom. The Kier molecular flexibility index (Phi) is 12.4. The molecule has 0 saturated heterocycles. The predicted molar refractivity (Wildman–Crippen MR) is 105 cm³/mol. The highest BCUT2D eigenvalue weighted by Gasteiger charge is 2.40. The largest absolute Gasteiger partial charge is 0.465 e. The van der Waals surface area contributed by atoms with E-state index in [1.54, 1.807) is 20.8 Å². The first-order chi connectivity index (χ1) is 13.5. The Morgan fingerprint density at radius 2 is 1.59 bits per heavy atom. The molecule has 0 aliphatic rings. The first kappa shape index (κ1) is 26.4. The van der Waals surface area contributed by atoms with Crippen LogP contribution in [0.4, 0.5) is 4.79 Å². The SMILES string of the molecule is C=C(C)C(=O)OCCNC(=O)OCCOC(=O)C(C)C(C)(C)C(=O)OCCCC. The molecular formula is C20H33NO8. The highest BCUT2D eigenvalue weighted by atomic mass is 16.6. The maximum absolute atomic E-state index is 12.2. The van der Waals surface area contributed by atoms with Crippen LogP contribution in [0.15, 0.2) is 12.2 Å². The molecule has 0 spiro atoms. The summed E-state index contributed by atoms with van der Waals surface area (Å²) in [6.45, 7) is 11.8. The van der Waals surface area contributed by atoms with Crippen molar-refractivity contribution in [2.24, 2.45) is 11.3 Å². The van der Waals surface area contributed by atoms with Gasteiger partial charge in [-0.1, -0.05) is 26.8 Å². The maximum atomic E-state index is 12.2. The summed E-state index contributed by atoms with van der Waals surface area (Å²) in [6, 6.07) is 0. The fraction of sp³-hybridized carbons (Fsp3) is 0.700. The van der Waals surface area contributed by atoms with E-state index in [9.17, 15) is 19.2 Å². The number of esters is 3. The minimum absolute atomic E-state index is 0.0171. The van der Waals surface area contributed by atoms with Gasteiger partial charge in [0.15, 0.2) is 0 Å². The molecule has 0 aromatic carbocycles. The van der Waals surface area contributed by atoms with Crippen molar-refractivity contribution in [3.8, 4) is 0 Å². The Hall–Kier alpha value is -2.58. The van der Waals surface area contributed by atoms with E-state index >= 15 is 0 Å². The molecule has 0 fully saturated rings. The molecule has 0 aromatic heterocycles. The molecule has 0 rings (SSSR count). The smallest absolute Gasteiger partial charge is 0.407 e. The average Bonchev–Trinajstić information content (AvgIpc) is 2.67. The zero-order chi connectivity index (χ0) is 22.4. The number of rotatable bonds is 13. The highest BCUT2D eigenvalue weighted by Crippen LogP contribution is 2.29. The minimum Gasteiger partial charge on any atom is -0.465 e. The van der Waals surface area contributed by atoms with Crippen molar-refractivity contribution in [2.75, 3.05) is 33.0 Å². The van der Waals surface area contributed by atoms with Crippen molar-refractivity contribution in [2.45, 2.75) is 47.5 Å². The van der Waals surface area contributed by atoms with Gasteiger partial charge in [0.1, 0.15) is 19.8 Å². The third-order valence-electron chi connectivity index (χ3n) is 4.21. The number of ether oxygens (including phenoxy) is 4. The van der Waals surface area contributed by atoms with Crippen molar-refractivity contribution in [3.05, 3.63) is 12.2 Å². The number of alkyl carbamates (subject to hydrolysis) is 1. The topological polar surface area (TPSA) is 117 Å². The van der Waals surface area contributed by atoms with E-state index in [1.165, 1.54) is 6.92 Å². The molecule has 0 aliphatic heterocycles. The van der Waals surface area contributed by atoms with Gasteiger partial charge in [-0.2, -0.15) is 0 Å². The first-order valence-corrected chi connectivity index (χ1v) is 9.61. The van der Waals surface area contributed by atoms with E-state index in [-0.39, 0.29) is 31.9 Å². The molecule has 166 valence electrons. The minimum atomic E-state index is -1.04. The molecule has 0 heterocycles. The summed E-state index contributed by atoms with van der Waals surface area (Å²) in [5.74, 6) is -2.32. The zero-order valence-corrected chi connectivity index (χ0v) is 18.0. The first-order valence-electron chi connectivity index (χ1n) is 9.61. The molecule has 9 nitrogen and oxygen atoms in total. The van der Waals surface area contributed by atoms with Gasteiger partial charge in [-0.05, 0) is 27.2 Å². The second-order valence-corrected chi connectivity index (χ2v) is 7.08. The fourth-order valence-corrected chi connectivity index (χ4v) is 1.84. The summed E-state index contributed by atoms with van der Waals surface area (Å²) in [6.07, 6.45) is 0.926. The van der Waals surface area contributed by atoms with Crippen molar-refractivity contribution < 1.29 is 38.1 Å². The van der Waals surface area contributed by atoms with Gasteiger partial charge in [0.05, 0.1) is 24.5 Å². The number of hydrogen-bond acceptors (Lipinski definition) is 8. The highest BCUT2D eigenvalue weighted by molar-refractivity contribution is 5.87. The van der Waals surface area contributed by atoms with E-state index in [0.29, 0.717) is 6.61 Å². The van der Waals surface area contributed by atoms with Crippen LogP contribution in [0.3, 0.4) is 0 Å². The lowest BCUT2D eigenvalue weighted by Gasteiger charge is -2.27. The van der Waals surface area contributed by atoms with Crippen LogP contribution in [-0.4, -0.2) is 57.0 Å². The Labute approximate surface area is 172 Å². The van der Waals surface area contributed by atoms with Crippen LogP contribution in [0.1, 0.15) is 47.5 Å². The van der Waals surface area contributed by atoms with E-state index in [0.717, 1.165) is 12.8 Å². The summed E-state index contributed by atoms with van der Waals surface area (Å²) in [5.41, 5.74) is -0.773. The summed E-state index contributed by atoms with van der Waals surface area (Å²) < 4.78 is 19.9. The second kappa shape index (κ2) is 13.6. The lowest BCUT2D eigenvalue weighted by Crippen LogP contribution is -2.38. The molecule has 1 unspecified atom stereocenters. The van der Waals surface area contributed by atoms with Crippen molar-refractivity contribution in [3.63, 3.8) is 0 Å². The van der Waals surface area contributed by atoms with Crippen LogP contribution in [0.2, 0.25) is 0 Å². The number of nitrogens with one attached hydrogen (secondary N) is 1. The summed E-state index contributed by atoms with van der Waals surface area (Å²) >= 11 is 0. The molecule has 0 bridgehead atoms.